The van der Waals surface area contributed by atoms with Crippen molar-refractivity contribution in [2.45, 2.75) is 32.7 Å². The number of hydrogen-bond donors (Lipinski definition) is 2. The number of halogens is 1. The maximum atomic E-state index is 10.8. The number of carboxylic acid groups (broad SMARTS) is 1. The van der Waals surface area contributed by atoms with Gasteiger partial charge in [0.2, 0.25) is 5.89 Å². The Kier molecular flexibility index (Phi) is 4.23. The second-order valence-corrected chi connectivity index (χ2v) is 5.96. The Morgan fingerprint density at radius 2 is 2.19 bits per heavy atom. The van der Waals surface area contributed by atoms with Crippen molar-refractivity contribution < 1.29 is 14.3 Å². The molecule has 6 heteroatoms. The molecule has 0 saturated heterocycles. The van der Waals surface area contributed by atoms with Gasteiger partial charge >= 0.3 is 6.09 Å². The Balaban J connectivity index is 2.25. The van der Waals surface area contributed by atoms with Crippen molar-refractivity contribution in [2.24, 2.45) is 0 Å². The first kappa shape index (κ1) is 15.4. The van der Waals surface area contributed by atoms with Gasteiger partial charge < -0.3 is 14.8 Å². The molecule has 0 fully saturated rings. The summed E-state index contributed by atoms with van der Waals surface area (Å²) >= 11 is 5.96. The van der Waals surface area contributed by atoms with E-state index >= 15 is 0 Å². The van der Waals surface area contributed by atoms with Gasteiger partial charge in [0.05, 0.1) is 5.69 Å². The number of hydrogen-bond acceptors (Lipinski definition) is 3. The summed E-state index contributed by atoms with van der Waals surface area (Å²) in [7, 11) is 0. The van der Waals surface area contributed by atoms with E-state index < -0.39 is 11.6 Å². The predicted molar refractivity (Wildman–Crippen MR) is 80.6 cm³/mol. The summed E-state index contributed by atoms with van der Waals surface area (Å²) < 4.78 is 5.66. The predicted octanol–water partition coefficient (Wildman–Crippen LogP) is 3.89. The molecule has 0 saturated carbocycles. The fraction of sp³-hybridized carbons (Fsp3) is 0.333. The minimum atomic E-state index is -1.06. The Morgan fingerprint density at radius 1 is 1.48 bits per heavy atom. The molecule has 0 bridgehead atoms. The van der Waals surface area contributed by atoms with Crippen LogP contribution in [0.3, 0.4) is 0 Å². The number of oxazole rings is 1. The normalized spacial score (nSPS) is 11.4. The molecule has 1 aromatic carbocycles. The minimum Gasteiger partial charge on any atom is -0.465 e. The number of rotatable bonds is 4. The summed E-state index contributed by atoms with van der Waals surface area (Å²) in [6.45, 7) is 5.41. The average Bonchev–Trinajstić information content (AvgIpc) is 2.68. The lowest BCUT2D eigenvalue weighted by molar-refractivity contribution is 0.182. The summed E-state index contributed by atoms with van der Waals surface area (Å²) in [5, 5.41) is 11.9. The van der Waals surface area contributed by atoms with E-state index in [9.17, 15) is 4.79 Å². The van der Waals surface area contributed by atoms with E-state index in [2.05, 4.69) is 10.3 Å². The van der Waals surface area contributed by atoms with Crippen LogP contribution in [-0.4, -0.2) is 21.7 Å². The zero-order chi connectivity index (χ0) is 15.6. The van der Waals surface area contributed by atoms with Gasteiger partial charge in [0.25, 0.3) is 0 Å². The highest BCUT2D eigenvalue weighted by Gasteiger charge is 2.24. The van der Waals surface area contributed by atoms with Gasteiger partial charge in [-0.25, -0.2) is 9.78 Å². The van der Waals surface area contributed by atoms with Gasteiger partial charge in [0, 0.05) is 22.5 Å². The summed E-state index contributed by atoms with van der Waals surface area (Å²) in [5.41, 5.74) is 0.892. The number of nitrogens with zero attached hydrogens (tertiary/aromatic N) is 1. The third kappa shape index (κ3) is 3.98. The van der Waals surface area contributed by atoms with Crippen molar-refractivity contribution in [1.82, 2.24) is 10.3 Å². The molecular formula is C15H17ClN2O3. The van der Waals surface area contributed by atoms with E-state index in [1.165, 1.54) is 0 Å². The van der Waals surface area contributed by atoms with Crippen LogP contribution in [0.15, 0.2) is 28.7 Å². The summed E-state index contributed by atoms with van der Waals surface area (Å²) in [6, 6.07) is 7.24. The molecule has 5 nitrogen and oxygen atoms in total. The van der Waals surface area contributed by atoms with Crippen molar-refractivity contribution in [3.8, 4) is 11.5 Å². The first-order valence-electron chi connectivity index (χ1n) is 6.50. The maximum Gasteiger partial charge on any atom is 0.405 e. The van der Waals surface area contributed by atoms with Gasteiger partial charge in [0.1, 0.15) is 5.76 Å². The summed E-state index contributed by atoms with van der Waals surface area (Å²) in [6.07, 6.45) is -0.619. The number of benzene rings is 1. The molecule has 2 aromatic rings. The lowest BCUT2D eigenvalue weighted by Gasteiger charge is -2.23. The van der Waals surface area contributed by atoms with Gasteiger partial charge in [0.15, 0.2) is 0 Å². The van der Waals surface area contributed by atoms with Gasteiger partial charge in [-0.2, -0.15) is 0 Å². The molecule has 0 aliphatic rings. The fourth-order valence-electron chi connectivity index (χ4n) is 2.09. The van der Waals surface area contributed by atoms with Gasteiger partial charge in [-0.15, -0.1) is 0 Å². The van der Waals surface area contributed by atoms with E-state index in [4.69, 9.17) is 21.1 Å². The first-order chi connectivity index (χ1) is 9.77. The van der Waals surface area contributed by atoms with E-state index in [1.54, 1.807) is 26.0 Å². The van der Waals surface area contributed by atoms with E-state index in [0.29, 0.717) is 23.1 Å². The number of amides is 1. The minimum absolute atomic E-state index is 0.440. The highest BCUT2D eigenvalue weighted by atomic mass is 35.5. The molecule has 1 amide bonds. The van der Waals surface area contributed by atoms with Crippen molar-refractivity contribution in [2.75, 3.05) is 0 Å². The highest BCUT2D eigenvalue weighted by molar-refractivity contribution is 6.30. The first-order valence-corrected chi connectivity index (χ1v) is 6.88. The summed E-state index contributed by atoms with van der Waals surface area (Å²) in [5.74, 6) is 1.15. The largest absolute Gasteiger partial charge is 0.465 e. The Hall–Kier alpha value is -2.01. The molecule has 0 atom stereocenters. The van der Waals surface area contributed by atoms with E-state index in [-0.39, 0.29) is 0 Å². The van der Waals surface area contributed by atoms with Crippen molar-refractivity contribution in [3.05, 3.63) is 40.7 Å². The van der Waals surface area contributed by atoms with E-state index in [1.807, 2.05) is 19.1 Å². The molecule has 1 aromatic heterocycles. The van der Waals surface area contributed by atoms with Crippen LogP contribution in [0.1, 0.15) is 25.3 Å². The molecule has 0 aliphatic carbocycles. The monoisotopic (exact) mass is 308 g/mol. The van der Waals surface area contributed by atoms with Crippen LogP contribution in [0, 0.1) is 6.92 Å². The van der Waals surface area contributed by atoms with Gasteiger partial charge in [-0.3, -0.25) is 0 Å². The van der Waals surface area contributed by atoms with Crippen LogP contribution in [0.5, 0.6) is 0 Å². The fourth-order valence-corrected chi connectivity index (χ4v) is 2.28. The Bertz CT molecular complexity index is 665. The molecule has 1 heterocycles. The van der Waals surface area contributed by atoms with Crippen molar-refractivity contribution >= 4 is 17.7 Å². The van der Waals surface area contributed by atoms with Crippen LogP contribution in [0.2, 0.25) is 5.02 Å². The lowest BCUT2D eigenvalue weighted by atomic mass is 9.98. The molecular weight excluding hydrogens is 292 g/mol. The van der Waals surface area contributed by atoms with Crippen molar-refractivity contribution in [1.29, 1.82) is 0 Å². The average molecular weight is 309 g/mol. The second-order valence-electron chi connectivity index (χ2n) is 5.52. The number of aromatic nitrogens is 1. The van der Waals surface area contributed by atoms with E-state index in [0.717, 1.165) is 11.3 Å². The third-order valence-electron chi connectivity index (χ3n) is 3.02. The van der Waals surface area contributed by atoms with Crippen LogP contribution in [-0.2, 0) is 6.42 Å². The van der Waals surface area contributed by atoms with Crippen molar-refractivity contribution in [3.63, 3.8) is 0 Å². The number of aryl methyl sites for hydroxylation is 1. The number of carbonyl (C=O) groups is 1. The zero-order valence-electron chi connectivity index (χ0n) is 12.1. The maximum absolute atomic E-state index is 10.8. The molecule has 0 aliphatic heterocycles. The van der Waals surface area contributed by atoms with Gasteiger partial charge in [-0.1, -0.05) is 17.7 Å². The Labute approximate surface area is 128 Å². The quantitative estimate of drug-likeness (QED) is 0.898. The number of nitrogens with one attached hydrogen (secondary N) is 1. The molecule has 112 valence electrons. The molecule has 21 heavy (non-hydrogen) atoms. The van der Waals surface area contributed by atoms with Crippen LogP contribution >= 0.6 is 11.6 Å². The molecule has 2 N–H and O–H groups in total. The third-order valence-corrected chi connectivity index (χ3v) is 3.25. The second kappa shape index (κ2) is 5.77. The standard InChI is InChI=1S/C15H17ClN2O3/c1-9-12(8-15(2,3)18-14(19)20)17-13(21-9)10-5-4-6-11(16)7-10/h4-7,18H,8H2,1-3H3,(H,19,20). The summed E-state index contributed by atoms with van der Waals surface area (Å²) in [4.78, 5) is 15.2. The molecule has 0 radical (unpaired) electrons. The molecule has 0 unspecified atom stereocenters. The smallest absolute Gasteiger partial charge is 0.405 e. The molecule has 0 spiro atoms. The zero-order valence-corrected chi connectivity index (χ0v) is 12.9. The lowest BCUT2D eigenvalue weighted by Crippen LogP contribution is -2.44. The highest BCUT2D eigenvalue weighted by Crippen LogP contribution is 2.26. The van der Waals surface area contributed by atoms with Crippen LogP contribution < -0.4 is 5.32 Å². The SMILES string of the molecule is Cc1oc(-c2cccc(Cl)c2)nc1CC(C)(C)NC(=O)O. The molecule has 2 rings (SSSR count). The topological polar surface area (TPSA) is 75.4 Å². The van der Waals surface area contributed by atoms with Crippen LogP contribution in [0.4, 0.5) is 4.79 Å². The van der Waals surface area contributed by atoms with Gasteiger partial charge in [-0.05, 0) is 39.0 Å². The van der Waals surface area contributed by atoms with Crippen LogP contribution in [0.25, 0.3) is 11.5 Å². The Morgan fingerprint density at radius 3 is 2.81 bits per heavy atom.